The van der Waals surface area contributed by atoms with Crippen LogP contribution in [0, 0.1) is 5.92 Å². The van der Waals surface area contributed by atoms with Crippen LogP contribution in [0.2, 0.25) is 0 Å². The van der Waals surface area contributed by atoms with E-state index >= 15 is 0 Å². The summed E-state index contributed by atoms with van der Waals surface area (Å²) in [6.45, 7) is 1.28. The highest BCUT2D eigenvalue weighted by molar-refractivity contribution is 5.96. The van der Waals surface area contributed by atoms with E-state index in [-0.39, 0.29) is 11.8 Å². The number of carbonyl (C=O) groups excluding carboxylic acids is 2. The van der Waals surface area contributed by atoms with Gasteiger partial charge in [-0.3, -0.25) is 14.6 Å². The van der Waals surface area contributed by atoms with Crippen LogP contribution < -0.4 is 10.1 Å². The fourth-order valence-electron chi connectivity index (χ4n) is 3.12. The first-order valence-corrected chi connectivity index (χ1v) is 8.84. The van der Waals surface area contributed by atoms with Crippen LogP contribution in [0.1, 0.15) is 29.6 Å². The number of benzene rings is 1. The van der Waals surface area contributed by atoms with Gasteiger partial charge in [0.05, 0.1) is 0 Å². The smallest absolute Gasteiger partial charge is 0.259 e. The van der Waals surface area contributed by atoms with E-state index in [4.69, 9.17) is 4.74 Å². The van der Waals surface area contributed by atoms with E-state index in [1.807, 2.05) is 35.2 Å². The lowest BCUT2D eigenvalue weighted by Crippen LogP contribution is -2.39. The molecular weight excluding hydrogens is 330 g/mol. The van der Waals surface area contributed by atoms with Crippen molar-refractivity contribution < 1.29 is 14.3 Å². The molecule has 0 aliphatic carbocycles. The highest BCUT2D eigenvalue weighted by atomic mass is 16.5. The van der Waals surface area contributed by atoms with Crippen molar-refractivity contribution in [2.24, 2.45) is 5.92 Å². The summed E-state index contributed by atoms with van der Waals surface area (Å²) >= 11 is 0. The van der Waals surface area contributed by atoms with Gasteiger partial charge in [0.1, 0.15) is 17.1 Å². The van der Waals surface area contributed by atoms with E-state index in [2.05, 4.69) is 10.3 Å². The van der Waals surface area contributed by atoms with Crippen molar-refractivity contribution in [1.29, 1.82) is 0 Å². The summed E-state index contributed by atoms with van der Waals surface area (Å²) in [7, 11) is 1.65. The molecule has 0 saturated carbocycles. The highest BCUT2D eigenvalue weighted by Crippen LogP contribution is 2.27. The lowest BCUT2D eigenvalue weighted by molar-refractivity contribution is -0.121. The minimum atomic E-state index is -0.0811. The van der Waals surface area contributed by atoms with Gasteiger partial charge in [-0.05, 0) is 37.0 Å². The molecule has 1 aromatic heterocycles. The number of rotatable bonds is 5. The van der Waals surface area contributed by atoms with Crippen molar-refractivity contribution >= 4 is 11.8 Å². The molecule has 0 bridgehead atoms. The van der Waals surface area contributed by atoms with Crippen molar-refractivity contribution in [3.8, 4) is 11.5 Å². The van der Waals surface area contributed by atoms with Gasteiger partial charge in [-0.15, -0.1) is 0 Å². The molecule has 1 fully saturated rings. The van der Waals surface area contributed by atoms with Gasteiger partial charge in [-0.1, -0.05) is 18.2 Å². The molecule has 0 spiro atoms. The minimum absolute atomic E-state index is 0.0561. The van der Waals surface area contributed by atoms with Crippen LogP contribution in [-0.4, -0.2) is 41.8 Å². The quantitative estimate of drug-likeness (QED) is 0.897. The number of piperidine rings is 1. The van der Waals surface area contributed by atoms with Gasteiger partial charge in [0, 0.05) is 39.0 Å². The fourth-order valence-corrected chi connectivity index (χ4v) is 3.12. The van der Waals surface area contributed by atoms with Crippen LogP contribution in [-0.2, 0) is 4.79 Å². The third-order valence-corrected chi connectivity index (χ3v) is 4.64. The number of nitrogens with one attached hydrogen (secondary N) is 1. The monoisotopic (exact) mass is 353 g/mol. The van der Waals surface area contributed by atoms with Crippen LogP contribution in [0.5, 0.6) is 11.5 Å². The average Bonchev–Trinajstić information content (AvgIpc) is 2.69. The number of amides is 2. The Morgan fingerprint density at radius 2 is 1.92 bits per heavy atom. The topological polar surface area (TPSA) is 71.5 Å². The van der Waals surface area contributed by atoms with Crippen LogP contribution in [0.15, 0.2) is 48.8 Å². The van der Waals surface area contributed by atoms with Gasteiger partial charge in [-0.25, -0.2) is 0 Å². The molecule has 1 N–H and O–H groups in total. The molecule has 2 aromatic rings. The summed E-state index contributed by atoms with van der Waals surface area (Å²) in [5.74, 6) is 1.48. The van der Waals surface area contributed by atoms with Crippen LogP contribution in [0.4, 0.5) is 0 Å². The number of likely N-dealkylation sites (tertiary alicyclic amines) is 1. The summed E-state index contributed by atoms with van der Waals surface area (Å²) in [5.41, 5.74) is 0.459. The Hall–Kier alpha value is -2.89. The second kappa shape index (κ2) is 8.47. The largest absolute Gasteiger partial charge is 0.456 e. The molecule has 0 unspecified atom stereocenters. The Morgan fingerprint density at radius 3 is 2.62 bits per heavy atom. The van der Waals surface area contributed by atoms with Crippen LogP contribution >= 0.6 is 0 Å². The number of nitrogens with zero attached hydrogens (tertiary/aromatic N) is 2. The molecule has 1 aromatic carbocycles. The van der Waals surface area contributed by atoms with E-state index in [0.29, 0.717) is 42.5 Å². The normalized spacial score (nSPS) is 14.7. The molecule has 1 saturated heterocycles. The third-order valence-electron chi connectivity index (χ3n) is 4.64. The Kier molecular flexibility index (Phi) is 5.84. The van der Waals surface area contributed by atoms with E-state index in [1.54, 1.807) is 25.5 Å². The zero-order valence-electron chi connectivity index (χ0n) is 14.9. The van der Waals surface area contributed by atoms with Gasteiger partial charge < -0.3 is 15.0 Å². The van der Waals surface area contributed by atoms with Crippen molar-refractivity contribution in [2.75, 3.05) is 20.1 Å². The molecule has 2 heterocycles. The molecule has 2 amide bonds. The number of pyridine rings is 1. The molecule has 0 radical (unpaired) electrons. The van der Waals surface area contributed by atoms with Crippen molar-refractivity contribution in [3.63, 3.8) is 0 Å². The highest BCUT2D eigenvalue weighted by Gasteiger charge is 2.26. The Morgan fingerprint density at radius 1 is 1.19 bits per heavy atom. The van der Waals surface area contributed by atoms with E-state index in [0.717, 1.165) is 12.8 Å². The summed E-state index contributed by atoms with van der Waals surface area (Å²) in [5, 5.41) is 2.66. The SMILES string of the molecule is CNC(=O)CC1CCN(C(=O)c2cnccc2Oc2ccccc2)CC1. The van der Waals surface area contributed by atoms with Crippen molar-refractivity contribution in [3.05, 3.63) is 54.4 Å². The van der Waals surface area contributed by atoms with Gasteiger partial charge >= 0.3 is 0 Å². The van der Waals surface area contributed by atoms with E-state index < -0.39 is 0 Å². The summed E-state index contributed by atoms with van der Waals surface area (Å²) in [4.78, 5) is 30.3. The summed E-state index contributed by atoms with van der Waals surface area (Å²) in [6, 6.07) is 11.1. The van der Waals surface area contributed by atoms with E-state index in [1.165, 1.54) is 0 Å². The number of aromatic nitrogens is 1. The fraction of sp³-hybridized carbons (Fsp3) is 0.350. The van der Waals surface area contributed by atoms with Crippen molar-refractivity contribution in [2.45, 2.75) is 19.3 Å². The maximum Gasteiger partial charge on any atom is 0.259 e. The predicted molar refractivity (Wildman–Crippen MR) is 98.1 cm³/mol. The van der Waals surface area contributed by atoms with Gasteiger partial charge in [-0.2, -0.15) is 0 Å². The molecule has 136 valence electrons. The number of ether oxygens (including phenoxy) is 1. The number of carbonyl (C=O) groups is 2. The summed E-state index contributed by atoms with van der Waals surface area (Å²) < 4.78 is 5.87. The maximum atomic E-state index is 12.9. The third kappa shape index (κ3) is 4.39. The number of para-hydroxylation sites is 1. The molecule has 6 heteroatoms. The van der Waals surface area contributed by atoms with Gasteiger partial charge in [0.15, 0.2) is 0 Å². The Balaban J connectivity index is 1.66. The number of hydrogen-bond acceptors (Lipinski definition) is 4. The first kappa shape index (κ1) is 17.9. The van der Waals surface area contributed by atoms with Gasteiger partial charge in [0.25, 0.3) is 5.91 Å². The number of hydrogen-bond donors (Lipinski definition) is 1. The second-order valence-electron chi connectivity index (χ2n) is 6.40. The first-order valence-electron chi connectivity index (χ1n) is 8.84. The second-order valence-corrected chi connectivity index (χ2v) is 6.40. The van der Waals surface area contributed by atoms with Gasteiger partial charge in [0.2, 0.25) is 5.91 Å². The average molecular weight is 353 g/mol. The molecule has 1 aliphatic rings. The van der Waals surface area contributed by atoms with E-state index in [9.17, 15) is 9.59 Å². The molecule has 0 atom stereocenters. The van der Waals surface area contributed by atoms with Crippen LogP contribution in [0.25, 0.3) is 0 Å². The van der Waals surface area contributed by atoms with Crippen LogP contribution in [0.3, 0.4) is 0 Å². The maximum absolute atomic E-state index is 12.9. The zero-order chi connectivity index (χ0) is 18.4. The lowest BCUT2D eigenvalue weighted by Gasteiger charge is -2.32. The molecular formula is C20H23N3O3. The zero-order valence-corrected chi connectivity index (χ0v) is 14.9. The standard InChI is InChI=1S/C20H23N3O3/c1-21-19(24)13-15-8-11-23(12-9-15)20(25)17-14-22-10-7-18(17)26-16-5-3-2-4-6-16/h2-7,10,14-15H,8-9,11-13H2,1H3,(H,21,24). The molecule has 26 heavy (non-hydrogen) atoms. The lowest BCUT2D eigenvalue weighted by atomic mass is 9.93. The first-order chi connectivity index (χ1) is 12.7. The summed E-state index contributed by atoms with van der Waals surface area (Å²) in [6.07, 6.45) is 5.35. The molecule has 1 aliphatic heterocycles. The Bertz CT molecular complexity index is 756. The predicted octanol–water partition coefficient (Wildman–Crippen LogP) is 2.86. The molecule has 3 rings (SSSR count). The minimum Gasteiger partial charge on any atom is -0.456 e. The molecule has 6 nitrogen and oxygen atoms in total. The van der Waals surface area contributed by atoms with Crippen molar-refractivity contribution in [1.82, 2.24) is 15.2 Å². The Labute approximate surface area is 153 Å².